The second-order valence-corrected chi connectivity index (χ2v) is 16.5. The predicted octanol–water partition coefficient (Wildman–Crippen LogP) is 15.1. The molecule has 0 amide bonds. The second-order valence-electron chi connectivity index (χ2n) is 16.5. The molecule has 0 atom stereocenters. The fourth-order valence-corrected chi connectivity index (χ4v) is 8.96. The van der Waals surface area contributed by atoms with E-state index in [9.17, 15) is 0 Å². The average Bonchev–Trinajstić information content (AvgIpc) is 3.76. The summed E-state index contributed by atoms with van der Waals surface area (Å²) in [5, 5.41) is 2.43. The molecule has 0 fully saturated rings. The summed E-state index contributed by atoms with van der Waals surface area (Å²) in [4.78, 5) is 25.1. The number of pyridine rings is 3. The van der Waals surface area contributed by atoms with Gasteiger partial charge < -0.3 is 4.57 Å². The highest BCUT2D eigenvalue weighted by atomic mass is 15.0. The summed E-state index contributed by atoms with van der Waals surface area (Å²) >= 11 is 0. The maximum Gasteiger partial charge on any atom is 0.160 e. The molecule has 0 unspecified atom stereocenters. The molecule has 5 aromatic heterocycles. The first kappa shape index (κ1) is 39.5. The van der Waals surface area contributed by atoms with Gasteiger partial charge in [-0.05, 0) is 76.3 Å². The molecule has 0 N–H and O–H groups in total. The van der Waals surface area contributed by atoms with Crippen molar-refractivity contribution in [3.63, 3.8) is 0 Å². The van der Waals surface area contributed by atoms with E-state index >= 15 is 0 Å². The lowest BCUT2D eigenvalue weighted by molar-refractivity contribution is 1.15. The molecule has 314 valence electrons. The molecule has 6 nitrogen and oxygen atoms in total. The van der Waals surface area contributed by atoms with Crippen LogP contribution in [0, 0.1) is 0 Å². The summed E-state index contributed by atoms with van der Waals surface area (Å²) in [6.45, 7) is 0. The van der Waals surface area contributed by atoms with Crippen LogP contribution in [-0.4, -0.2) is 29.5 Å². The smallest absolute Gasteiger partial charge is 0.160 e. The van der Waals surface area contributed by atoms with E-state index in [2.05, 4.69) is 193 Å². The van der Waals surface area contributed by atoms with Crippen LogP contribution in [0.4, 0.5) is 0 Å². The zero-order valence-electron chi connectivity index (χ0n) is 36.3. The molecule has 67 heavy (non-hydrogen) atoms. The van der Waals surface area contributed by atoms with E-state index in [0.717, 1.165) is 101 Å². The highest BCUT2D eigenvalue weighted by Gasteiger charge is 2.16. The fourth-order valence-electron chi connectivity index (χ4n) is 8.96. The molecule has 0 radical (unpaired) electrons. The molecule has 12 aromatic rings. The first-order chi connectivity index (χ1) is 33.2. The Balaban J connectivity index is 0.829. The highest BCUT2D eigenvalue weighted by molar-refractivity contribution is 6.09. The Labute approximate surface area is 388 Å². The van der Waals surface area contributed by atoms with Crippen molar-refractivity contribution in [3.8, 4) is 95.7 Å². The lowest BCUT2D eigenvalue weighted by Crippen LogP contribution is -1.98. The quantitative estimate of drug-likeness (QED) is 0.145. The summed E-state index contributed by atoms with van der Waals surface area (Å²) in [5.74, 6) is 0.692. The van der Waals surface area contributed by atoms with Crippen molar-refractivity contribution in [1.82, 2.24) is 29.5 Å². The van der Waals surface area contributed by atoms with Crippen molar-refractivity contribution in [2.24, 2.45) is 0 Å². The molecule has 0 bridgehead atoms. The SMILES string of the molecule is c1ccc(-c2cc(-c3ccc(-c4ccc(-c5ccc(-c6nc(-c7ccccc7)cc(-c7ccccc7)n6)cc5)cc4)cn3)nc(-c3cc(-n4c5ccccc5c5ccccc54)ccn3)c2)cc1. The van der Waals surface area contributed by atoms with Gasteiger partial charge in [-0.25, -0.2) is 15.0 Å². The van der Waals surface area contributed by atoms with Crippen LogP contribution < -0.4 is 0 Å². The van der Waals surface area contributed by atoms with Gasteiger partial charge in [0.15, 0.2) is 5.82 Å². The van der Waals surface area contributed by atoms with Gasteiger partial charge in [0.25, 0.3) is 0 Å². The Hall–Kier alpha value is -9.13. The van der Waals surface area contributed by atoms with Gasteiger partial charge in [0, 0.05) is 51.1 Å². The molecule has 12 rings (SSSR count). The van der Waals surface area contributed by atoms with E-state index in [0.29, 0.717) is 5.82 Å². The van der Waals surface area contributed by atoms with E-state index in [1.165, 1.54) is 10.8 Å². The lowest BCUT2D eigenvalue weighted by Gasteiger charge is -2.12. The topological polar surface area (TPSA) is 69.4 Å². The van der Waals surface area contributed by atoms with Crippen LogP contribution in [-0.2, 0) is 0 Å². The summed E-state index contributed by atoms with van der Waals surface area (Å²) < 4.78 is 2.31. The largest absolute Gasteiger partial charge is 0.309 e. The minimum atomic E-state index is 0.692. The van der Waals surface area contributed by atoms with Crippen LogP contribution in [0.2, 0.25) is 0 Å². The number of hydrogen-bond donors (Lipinski definition) is 0. The van der Waals surface area contributed by atoms with E-state index in [1.807, 2.05) is 54.9 Å². The van der Waals surface area contributed by atoms with Gasteiger partial charge in [-0.3, -0.25) is 9.97 Å². The molecule has 0 aliphatic carbocycles. The lowest BCUT2D eigenvalue weighted by atomic mass is 9.99. The van der Waals surface area contributed by atoms with Crippen molar-refractivity contribution in [2.75, 3.05) is 0 Å². The molecule has 0 spiro atoms. The van der Waals surface area contributed by atoms with Gasteiger partial charge >= 0.3 is 0 Å². The van der Waals surface area contributed by atoms with Crippen molar-refractivity contribution < 1.29 is 0 Å². The molecule has 0 aliphatic rings. The Kier molecular flexibility index (Phi) is 10.1. The van der Waals surface area contributed by atoms with Crippen LogP contribution in [0.15, 0.2) is 243 Å². The van der Waals surface area contributed by atoms with Crippen molar-refractivity contribution >= 4 is 21.8 Å². The van der Waals surface area contributed by atoms with Gasteiger partial charge in [0.1, 0.15) is 0 Å². The molecule has 7 aromatic carbocycles. The standard InChI is InChI=1S/C61H40N6/c1-4-14-41(15-5-1)49-36-57(64-58(37-49)56-38-50(34-35-62-56)67-59-22-12-10-20-51(59)52-21-11-13-23-60(52)67)53-33-32-48(40-63-53)44-26-24-42(25-27-44)43-28-30-47(31-29-43)61-65-54(45-16-6-2-7-17-45)39-55(66-61)46-18-8-3-9-19-46/h1-40H. The number of nitrogens with zero attached hydrogens (tertiary/aromatic N) is 6. The summed E-state index contributed by atoms with van der Waals surface area (Å²) in [6.07, 6.45) is 3.81. The average molecular weight is 857 g/mol. The van der Waals surface area contributed by atoms with Crippen LogP contribution in [0.25, 0.3) is 118 Å². The number of benzene rings is 7. The van der Waals surface area contributed by atoms with Crippen LogP contribution in [0.5, 0.6) is 0 Å². The van der Waals surface area contributed by atoms with E-state index < -0.39 is 0 Å². The van der Waals surface area contributed by atoms with E-state index in [4.69, 9.17) is 24.9 Å². The highest BCUT2D eigenvalue weighted by Crippen LogP contribution is 2.35. The Morgan fingerprint density at radius 2 is 0.731 bits per heavy atom. The summed E-state index contributed by atoms with van der Waals surface area (Å²) in [6, 6.07) is 79.9. The van der Waals surface area contributed by atoms with E-state index in [1.54, 1.807) is 0 Å². The maximum atomic E-state index is 5.21. The Morgan fingerprint density at radius 3 is 1.28 bits per heavy atom. The third kappa shape index (κ3) is 7.73. The van der Waals surface area contributed by atoms with Crippen LogP contribution in [0.3, 0.4) is 0 Å². The first-order valence-electron chi connectivity index (χ1n) is 22.4. The van der Waals surface area contributed by atoms with Gasteiger partial charge in [-0.2, -0.15) is 0 Å². The van der Waals surface area contributed by atoms with Crippen LogP contribution >= 0.6 is 0 Å². The fraction of sp³-hybridized carbons (Fsp3) is 0. The zero-order valence-corrected chi connectivity index (χ0v) is 36.3. The van der Waals surface area contributed by atoms with Gasteiger partial charge in [-0.1, -0.05) is 182 Å². The monoisotopic (exact) mass is 856 g/mol. The molecular weight excluding hydrogens is 817 g/mol. The molecule has 5 heterocycles. The van der Waals surface area contributed by atoms with Crippen LogP contribution in [0.1, 0.15) is 0 Å². The summed E-state index contributed by atoms with van der Waals surface area (Å²) in [5.41, 5.74) is 17.8. The van der Waals surface area contributed by atoms with Crippen molar-refractivity contribution in [3.05, 3.63) is 243 Å². The molecule has 0 aliphatic heterocycles. The molecular formula is C61H40N6. The van der Waals surface area contributed by atoms with Gasteiger partial charge in [0.05, 0.1) is 45.2 Å². The minimum Gasteiger partial charge on any atom is -0.309 e. The zero-order chi connectivity index (χ0) is 44.5. The van der Waals surface area contributed by atoms with Gasteiger partial charge in [0.2, 0.25) is 0 Å². The van der Waals surface area contributed by atoms with E-state index in [-0.39, 0.29) is 0 Å². The Bertz CT molecular complexity index is 3590. The van der Waals surface area contributed by atoms with Crippen molar-refractivity contribution in [1.29, 1.82) is 0 Å². The number of rotatable bonds is 9. The van der Waals surface area contributed by atoms with Gasteiger partial charge in [-0.15, -0.1) is 0 Å². The third-order valence-corrected chi connectivity index (χ3v) is 12.4. The maximum absolute atomic E-state index is 5.21. The van der Waals surface area contributed by atoms with Crippen molar-refractivity contribution in [2.45, 2.75) is 0 Å². The number of fused-ring (bicyclic) bond motifs is 3. The second kappa shape index (κ2) is 17.1. The number of aromatic nitrogens is 6. The normalized spacial score (nSPS) is 11.3. The first-order valence-corrected chi connectivity index (χ1v) is 22.4. The summed E-state index contributed by atoms with van der Waals surface area (Å²) in [7, 11) is 0. The predicted molar refractivity (Wildman–Crippen MR) is 273 cm³/mol. The number of para-hydroxylation sites is 2. The number of hydrogen-bond acceptors (Lipinski definition) is 5. The third-order valence-electron chi connectivity index (χ3n) is 12.4. The molecule has 0 saturated heterocycles. The Morgan fingerprint density at radius 1 is 0.269 bits per heavy atom. The molecule has 6 heteroatoms. The minimum absolute atomic E-state index is 0.692. The molecule has 0 saturated carbocycles.